The zero-order chi connectivity index (χ0) is 15.6. The molecule has 0 aromatic heterocycles. The van der Waals surface area contributed by atoms with E-state index in [1.165, 1.54) is 6.07 Å². The molecule has 5 heteroatoms. The zero-order valence-corrected chi connectivity index (χ0v) is 12.8. The molecule has 21 heavy (non-hydrogen) atoms. The van der Waals surface area contributed by atoms with Crippen LogP contribution in [-0.4, -0.2) is 11.5 Å². The highest BCUT2D eigenvalue weighted by Crippen LogP contribution is 2.37. The first-order chi connectivity index (χ1) is 9.88. The van der Waals surface area contributed by atoms with Crippen LogP contribution in [0.25, 0.3) is 0 Å². The lowest BCUT2D eigenvalue weighted by molar-refractivity contribution is -0.386. The van der Waals surface area contributed by atoms with Crippen LogP contribution in [0.3, 0.4) is 0 Å². The van der Waals surface area contributed by atoms with Crippen LogP contribution in [0.15, 0.2) is 12.1 Å². The lowest BCUT2D eigenvalue weighted by Gasteiger charge is -2.16. The molecule has 1 unspecified atom stereocenters. The largest absolute Gasteiger partial charge is 0.487 e. The van der Waals surface area contributed by atoms with Gasteiger partial charge in [-0.15, -0.1) is 0 Å². The van der Waals surface area contributed by atoms with Gasteiger partial charge in [0.05, 0.1) is 17.6 Å². The van der Waals surface area contributed by atoms with Crippen molar-refractivity contribution in [2.75, 3.05) is 6.61 Å². The normalized spacial score (nSPS) is 16.0. The van der Waals surface area contributed by atoms with Crippen LogP contribution >= 0.6 is 0 Å². The van der Waals surface area contributed by atoms with Gasteiger partial charge >= 0.3 is 5.69 Å². The SMILES string of the molecule is CC(C)CC(C)c1cc(OCC2CC2)c([N+](=O)[O-])cc1F. The van der Waals surface area contributed by atoms with Gasteiger partial charge < -0.3 is 4.74 Å². The molecule has 4 nitrogen and oxygen atoms in total. The molecule has 0 aliphatic heterocycles. The Kier molecular flexibility index (Phi) is 4.80. The van der Waals surface area contributed by atoms with Crippen LogP contribution in [0, 0.1) is 27.8 Å². The molecule has 1 atom stereocenters. The molecular weight excluding hydrogens is 273 g/mol. The molecule has 1 aromatic rings. The smallest absolute Gasteiger partial charge is 0.313 e. The number of hydrogen-bond donors (Lipinski definition) is 0. The van der Waals surface area contributed by atoms with Crippen LogP contribution in [-0.2, 0) is 0 Å². The third-order valence-corrected chi connectivity index (χ3v) is 3.80. The Morgan fingerprint density at radius 2 is 2.05 bits per heavy atom. The van der Waals surface area contributed by atoms with Gasteiger partial charge in [-0.05, 0) is 48.6 Å². The Morgan fingerprint density at radius 3 is 2.57 bits per heavy atom. The van der Waals surface area contributed by atoms with Crippen molar-refractivity contribution >= 4 is 5.69 Å². The average molecular weight is 295 g/mol. The first-order valence-electron chi connectivity index (χ1n) is 7.49. The van der Waals surface area contributed by atoms with Crippen LogP contribution in [0.4, 0.5) is 10.1 Å². The summed E-state index contributed by atoms with van der Waals surface area (Å²) in [4.78, 5) is 10.5. The van der Waals surface area contributed by atoms with E-state index in [2.05, 4.69) is 13.8 Å². The molecule has 1 aliphatic rings. The minimum atomic E-state index is -0.581. The second-order valence-electron chi connectivity index (χ2n) is 6.38. The highest BCUT2D eigenvalue weighted by atomic mass is 19.1. The van der Waals surface area contributed by atoms with E-state index in [0.717, 1.165) is 25.3 Å². The van der Waals surface area contributed by atoms with E-state index >= 15 is 0 Å². The van der Waals surface area contributed by atoms with Crippen molar-refractivity contribution in [2.45, 2.75) is 46.0 Å². The second kappa shape index (κ2) is 6.41. The van der Waals surface area contributed by atoms with Gasteiger partial charge in [-0.3, -0.25) is 10.1 Å². The molecule has 0 radical (unpaired) electrons. The standard InChI is InChI=1S/C16H22FNO3/c1-10(2)6-11(3)13-7-16(21-9-12-4-5-12)15(18(19)20)8-14(13)17/h7-8,10-12H,4-6,9H2,1-3H3. The Bertz CT molecular complexity index is 526. The number of hydrogen-bond acceptors (Lipinski definition) is 3. The Morgan fingerprint density at radius 1 is 1.38 bits per heavy atom. The van der Waals surface area contributed by atoms with E-state index in [0.29, 0.717) is 24.0 Å². The second-order valence-corrected chi connectivity index (χ2v) is 6.38. The van der Waals surface area contributed by atoms with Gasteiger partial charge in [-0.2, -0.15) is 0 Å². The summed E-state index contributed by atoms with van der Waals surface area (Å²) < 4.78 is 19.7. The van der Waals surface area contributed by atoms with Gasteiger partial charge in [-0.25, -0.2) is 4.39 Å². The topological polar surface area (TPSA) is 52.4 Å². The average Bonchev–Trinajstić information content (AvgIpc) is 3.19. The third-order valence-electron chi connectivity index (χ3n) is 3.80. The fraction of sp³-hybridized carbons (Fsp3) is 0.625. The van der Waals surface area contributed by atoms with Crippen molar-refractivity contribution in [3.05, 3.63) is 33.6 Å². The van der Waals surface area contributed by atoms with Crippen LogP contribution in [0.5, 0.6) is 5.75 Å². The quantitative estimate of drug-likeness (QED) is 0.542. The maximum atomic E-state index is 14.1. The van der Waals surface area contributed by atoms with Gasteiger partial charge in [-0.1, -0.05) is 20.8 Å². The number of benzene rings is 1. The van der Waals surface area contributed by atoms with Gasteiger partial charge in [0.25, 0.3) is 0 Å². The first kappa shape index (κ1) is 15.7. The molecule has 1 fully saturated rings. The maximum absolute atomic E-state index is 14.1. The van der Waals surface area contributed by atoms with Crippen molar-refractivity contribution < 1.29 is 14.1 Å². The van der Waals surface area contributed by atoms with E-state index < -0.39 is 10.7 Å². The monoisotopic (exact) mass is 295 g/mol. The third kappa shape index (κ3) is 4.16. The number of nitrogens with zero attached hydrogens (tertiary/aromatic N) is 1. The number of rotatable bonds is 7. The van der Waals surface area contributed by atoms with Crippen LogP contribution in [0.2, 0.25) is 0 Å². The maximum Gasteiger partial charge on any atom is 0.313 e. The number of nitro benzene ring substituents is 1. The molecule has 1 saturated carbocycles. The van der Waals surface area contributed by atoms with Crippen molar-refractivity contribution in [1.29, 1.82) is 0 Å². The van der Waals surface area contributed by atoms with E-state index in [-0.39, 0.29) is 17.4 Å². The van der Waals surface area contributed by atoms with Crippen LogP contribution < -0.4 is 4.74 Å². The summed E-state index contributed by atoms with van der Waals surface area (Å²) in [5, 5.41) is 11.1. The van der Waals surface area contributed by atoms with E-state index in [4.69, 9.17) is 4.74 Å². The number of ether oxygens (including phenoxy) is 1. The van der Waals surface area contributed by atoms with Gasteiger partial charge in [0.1, 0.15) is 5.82 Å². The highest BCUT2D eigenvalue weighted by Gasteiger charge is 2.26. The van der Waals surface area contributed by atoms with E-state index in [1.54, 1.807) is 0 Å². The summed E-state index contributed by atoms with van der Waals surface area (Å²) in [6.45, 7) is 6.56. The molecule has 0 amide bonds. The molecule has 116 valence electrons. The van der Waals surface area contributed by atoms with Gasteiger partial charge in [0.2, 0.25) is 0 Å². The number of nitro groups is 1. The summed E-state index contributed by atoms with van der Waals surface area (Å²) in [6.07, 6.45) is 3.04. The molecule has 0 heterocycles. The van der Waals surface area contributed by atoms with E-state index in [1.807, 2.05) is 6.92 Å². The minimum absolute atomic E-state index is 0.00841. The minimum Gasteiger partial charge on any atom is -0.487 e. The van der Waals surface area contributed by atoms with Crippen molar-refractivity contribution in [1.82, 2.24) is 0 Å². The molecule has 2 rings (SSSR count). The molecule has 0 saturated heterocycles. The summed E-state index contributed by atoms with van der Waals surface area (Å²) in [7, 11) is 0. The predicted molar refractivity (Wildman–Crippen MR) is 79.1 cm³/mol. The summed E-state index contributed by atoms with van der Waals surface area (Å²) in [5.74, 6) is 0.609. The molecular formula is C16H22FNO3. The molecule has 0 spiro atoms. The fourth-order valence-corrected chi connectivity index (χ4v) is 2.52. The lowest BCUT2D eigenvalue weighted by Crippen LogP contribution is -2.06. The summed E-state index contributed by atoms with van der Waals surface area (Å²) in [5.41, 5.74) is 0.216. The lowest BCUT2D eigenvalue weighted by atomic mass is 9.91. The fourth-order valence-electron chi connectivity index (χ4n) is 2.52. The Hall–Kier alpha value is -1.65. The molecule has 0 N–H and O–H groups in total. The highest BCUT2D eigenvalue weighted by molar-refractivity contribution is 5.50. The summed E-state index contributed by atoms with van der Waals surface area (Å²) in [6, 6.07) is 2.51. The Labute approximate surface area is 124 Å². The predicted octanol–water partition coefficient (Wildman–Crippen LogP) is 4.67. The Balaban J connectivity index is 2.27. The number of halogens is 1. The molecule has 0 bridgehead atoms. The van der Waals surface area contributed by atoms with Crippen molar-refractivity contribution in [3.8, 4) is 5.75 Å². The zero-order valence-electron chi connectivity index (χ0n) is 12.8. The van der Waals surface area contributed by atoms with E-state index in [9.17, 15) is 14.5 Å². The van der Waals surface area contributed by atoms with Crippen molar-refractivity contribution in [3.63, 3.8) is 0 Å². The van der Waals surface area contributed by atoms with Crippen LogP contribution in [0.1, 0.15) is 51.5 Å². The first-order valence-corrected chi connectivity index (χ1v) is 7.49. The molecule has 1 aliphatic carbocycles. The molecule has 1 aromatic carbocycles. The van der Waals surface area contributed by atoms with Gasteiger partial charge in [0, 0.05) is 0 Å². The summed E-state index contributed by atoms with van der Waals surface area (Å²) >= 11 is 0. The van der Waals surface area contributed by atoms with Gasteiger partial charge in [0.15, 0.2) is 5.75 Å². The van der Waals surface area contributed by atoms with Crippen molar-refractivity contribution in [2.24, 2.45) is 11.8 Å².